The molecule has 3 aromatic heterocycles. The average molecular weight is 801 g/mol. The van der Waals surface area contributed by atoms with Gasteiger partial charge in [0.05, 0.1) is 5.52 Å². The monoisotopic (exact) mass is 800 g/mol. The minimum atomic E-state index is -0.127. The number of piperidine rings is 1. The van der Waals surface area contributed by atoms with Crippen molar-refractivity contribution in [2.75, 3.05) is 55.6 Å². The van der Waals surface area contributed by atoms with Gasteiger partial charge in [0.15, 0.2) is 12.1 Å². The molecule has 1 unspecified atom stereocenters. The second-order valence-corrected chi connectivity index (χ2v) is 16.2. The summed E-state index contributed by atoms with van der Waals surface area (Å²) >= 11 is 0. The van der Waals surface area contributed by atoms with Crippen LogP contribution in [0.1, 0.15) is 101 Å². The lowest BCUT2D eigenvalue weighted by Gasteiger charge is -2.40. The van der Waals surface area contributed by atoms with Crippen molar-refractivity contribution in [3.8, 4) is 11.1 Å². The number of hydrogen-bond donors (Lipinski definition) is 0. The number of pyridine rings is 2. The van der Waals surface area contributed by atoms with E-state index in [0.29, 0.717) is 36.3 Å². The number of hydrogen-bond acceptors (Lipinski definition) is 9. The Balaban J connectivity index is 0.000000444. The molecule has 2 aliphatic rings. The fraction of sp³-hybridized carbons (Fsp3) is 0.469. The maximum atomic E-state index is 12.5. The summed E-state index contributed by atoms with van der Waals surface area (Å²) < 4.78 is 2.24. The molecule has 5 aromatic rings. The van der Waals surface area contributed by atoms with Gasteiger partial charge in [-0.05, 0) is 80.1 Å². The van der Waals surface area contributed by atoms with Gasteiger partial charge < -0.3 is 14.4 Å². The van der Waals surface area contributed by atoms with Crippen LogP contribution in [-0.2, 0) is 16.6 Å². The Kier molecular flexibility index (Phi) is 16.1. The molecule has 0 N–H and O–H groups in total. The van der Waals surface area contributed by atoms with Crippen LogP contribution in [0, 0.1) is 17.8 Å². The predicted molar refractivity (Wildman–Crippen MR) is 242 cm³/mol. The molecule has 2 saturated heterocycles. The van der Waals surface area contributed by atoms with Crippen molar-refractivity contribution >= 4 is 56.9 Å². The Morgan fingerprint density at radius 1 is 0.814 bits per heavy atom. The molecule has 5 heterocycles. The standard InChI is InChI=1S/C38H42N6O2.C9H16O2.C2H6/c1-26(2)38(46)32-8-6-31(20-30(32)25-45)43-18-16-42(17-19-43)24-27-11-14-44(15-12-27)37-9-5-29(22-40-37)28-4-7-33-34-23-39-13-10-35(34)41(3)36(33)21-28;1-4-9(11)6-5-7(2)8(3)10;1-2/h4-10,13,20-23,25-27H,11-12,14-19,24H2,1-3H3;7H,4-6H2,1-3H3;1-2H3. The van der Waals surface area contributed by atoms with Crippen molar-refractivity contribution in [2.45, 2.75) is 80.6 Å². The number of carbonyl (C=O) groups excluding carboxylic acids is 4. The molecular formula is C49H64N6O4. The zero-order valence-electron chi connectivity index (χ0n) is 36.5. The minimum Gasteiger partial charge on any atom is -0.369 e. The van der Waals surface area contributed by atoms with E-state index in [4.69, 9.17) is 4.98 Å². The number of carbonyl (C=O) groups is 4. The molecule has 7 rings (SSSR count). The number of aryl methyl sites for hydroxylation is 1. The van der Waals surface area contributed by atoms with Gasteiger partial charge in [-0.3, -0.25) is 29.1 Å². The summed E-state index contributed by atoms with van der Waals surface area (Å²) in [6.07, 6.45) is 10.8. The van der Waals surface area contributed by atoms with Gasteiger partial charge in [-0.15, -0.1) is 0 Å². The van der Waals surface area contributed by atoms with Gasteiger partial charge in [-0.1, -0.05) is 53.7 Å². The maximum Gasteiger partial charge on any atom is 0.166 e. The summed E-state index contributed by atoms with van der Waals surface area (Å²) in [7, 11) is 2.11. The molecule has 2 aliphatic heterocycles. The van der Waals surface area contributed by atoms with Gasteiger partial charge >= 0.3 is 0 Å². The van der Waals surface area contributed by atoms with Gasteiger partial charge in [0, 0.05) is 135 Å². The second kappa shape index (κ2) is 21.2. The summed E-state index contributed by atoms with van der Waals surface area (Å²) in [4.78, 5) is 62.4. The number of piperazine rings is 1. The highest BCUT2D eigenvalue weighted by Gasteiger charge is 2.25. The first-order chi connectivity index (χ1) is 28.5. The molecule has 0 radical (unpaired) electrons. The molecule has 2 aromatic carbocycles. The Labute approximate surface area is 351 Å². The highest BCUT2D eigenvalue weighted by Crippen LogP contribution is 2.32. The van der Waals surface area contributed by atoms with Crippen LogP contribution >= 0.6 is 0 Å². The zero-order valence-corrected chi connectivity index (χ0v) is 36.5. The van der Waals surface area contributed by atoms with E-state index in [1.165, 1.54) is 40.2 Å². The van der Waals surface area contributed by atoms with Crippen molar-refractivity contribution in [3.05, 3.63) is 84.3 Å². The Morgan fingerprint density at radius 2 is 1.53 bits per heavy atom. The lowest BCUT2D eigenvalue weighted by molar-refractivity contribution is -0.121. The van der Waals surface area contributed by atoms with Crippen molar-refractivity contribution in [1.82, 2.24) is 19.4 Å². The van der Waals surface area contributed by atoms with Crippen LogP contribution in [0.25, 0.3) is 32.9 Å². The van der Waals surface area contributed by atoms with Crippen molar-refractivity contribution < 1.29 is 19.2 Å². The topological polar surface area (TPSA) is 109 Å². The third kappa shape index (κ3) is 11.1. The fourth-order valence-corrected chi connectivity index (χ4v) is 8.01. The zero-order chi connectivity index (χ0) is 42.6. The molecule has 0 bridgehead atoms. The first kappa shape index (κ1) is 44.9. The number of rotatable bonds is 13. The number of anilines is 2. The van der Waals surface area contributed by atoms with Gasteiger partial charge in [-0.25, -0.2) is 4.98 Å². The van der Waals surface area contributed by atoms with Crippen LogP contribution in [0.3, 0.4) is 0 Å². The Bertz CT molecular complexity index is 2190. The Hall–Kier alpha value is -5.22. The number of aldehydes is 1. The predicted octanol–water partition coefficient (Wildman–Crippen LogP) is 9.48. The van der Waals surface area contributed by atoms with Crippen LogP contribution in [0.5, 0.6) is 0 Å². The normalized spacial score (nSPS) is 15.3. The molecule has 314 valence electrons. The summed E-state index contributed by atoms with van der Waals surface area (Å²) in [6, 6.07) is 18.8. The first-order valence-electron chi connectivity index (χ1n) is 21.6. The summed E-state index contributed by atoms with van der Waals surface area (Å²) in [6.45, 7) is 20.1. The number of fused-ring (bicyclic) bond motifs is 3. The number of ketones is 3. The van der Waals surface area contributed by atoms with E-state index in [1.807, 2.05) is 78.3 Å². The first-order valence-corrected chi connectivity index (χ1v) is 21.6. The molecule has 10 heteroatoms. The molecule has 10 nitrogen and oxygen atoms in total. The van der Waals surface area contributed by atoms with E-state index in [-0.39, 0.29) is 29.2 Å². The van der Waals surface area contributed by atoms with Gasteiger partial charge in [0.1, 0.15) is 17.4 Å². The van der Waals surface area contributed by atoms with Crippen molar-refractivity contribution in [3.63, 3.8) is 0 Å². The molecule has 0 aliphatic carbocycles. The number of Topliss-reactive ketones (excluding diaryl/α,β-unsaturated/α-hetero) is 3. The van der Waals surface area contributed by atoms with Crippen LogP contribution in [0.15, 0.2) is 73.2 Å². The van der Waals surface area contributed by atoms with E-state index in [9.17, 15) is 19.2 Å². The van der Waals surface area contributed by atoms with Crippen LogP contribution in [0.2, 0.25) is 0 Å². The van der Waals surface area contributed by atoms with Crippen molar-refractivity contribution in [1.29, 1.82) is 0 Å². The van der Waals surface area contributed by atoms with Gasteiger partial charge in [0.2, 0.25) is 0 Å². The Morgan fingerprint density at radius 3 is 2.15 bits per heavy atom. The van der Waals surface area contributed by atoms with E-state index < -0.39 is 0 Å². The third-order valence-corrected chi connectivity index (χ3v) is 12.0. The highest BCUT2D eigenvalue weighted by molar-refractivity contribution is 6.08. The maximum absolute atomic E-state index is 12.5. The van der Waals surface area contributed by atoms with Gasteiger partial charge in [0.25, 0.3) is 0 Å². The van der Waals surface area contributed by atoms with Crippen LogP contribution < -0.4 is 9.80 Å². The molecule has 1 atom stereocenters. The molecule has 2 fully saturated rings. The lowest BCUT2D eigenvalue weighted by Crippen LogP contribution is -2.49. The SMILES string of the molecule is CC.CC(C)C(=O)c1ccc(N2CCN(CC3CCN(c4ccc(-c5ccc6c7cnccc7n(C)c6c5)cn4)CC3)CC2)cc1C=O.CCC(=O)CCC(C)C(C)=O. The van der Waals surface area contributed by atoms with Crippen molar-refractivity contribution in [2.24, 2.45) is 24.8 Å². The number of benzene rings is 2. The largest absolute Gasteiger partial charge is 0.369 e. The van der Waals surface area contributed by atoms with E-state index in [2.05, 4.69) is 67.7 Å². The molecule has 0 spiro atoms. The highest BCUT2D eigenvalue weighted by atomic mass is 16.1. The minimum absolute atomic E-state index is 0.0190. The molecule has 59 heavy (non-hydrogen) atoms. The lowest BCUT2D eigenvalue weighted by atomic mass is 9.95. The molecule has 0 saturated carbocycles. The summed E-state index contributed by atoms with van der Waals surface area (Å²) in [5.74, 6) is 2.11. The number of nitrogens with zero attached hydrogens (tertiary/aromatic N) is 6. The fourth-order valence-electron chi connectivity index (χ4n) is 8.01. The summed E-state index contributed by atoms with van der Waals surface area (Å²) in [5.41, 5.74) is 6.75. The molecular weight excluding hydrogens is 737 g/mol. The van der Waals surface area contributed by atoms with Gasteiger partial charge in [-0.2, -0.15) is 0 Å². The average Bonchev–Trinajstić information content (AvgIpc) is 3.56. The van der Waals surface area contributed by atoms with Crippen LogP contribution in [-0.4, -0.2) is 88.9 Å². The smallest absolute Gasteiger partial charge is 0.166 e. The second-order valence-electron chi connectivity index (χ2n) is 16.2. The van der Waals surface area contributed by atoms with E-state index in [1.54, 1.807) is 6.92 Å². The van der Waals surface area contributed by atoms with E-state index in [0.717, 1.165) is 69.2 Å². The van der Waals surface area contributed by atoms with Crippen LogP contribution in [0.4, 0.5) is 11.5 Å². The molecule has 0 amide bonds. The van der Waals surface area contributed by atoms with E-state index >= 15 is 0 Å². The third-order valence-electron chi connectivity index (χ3n) is 12.0. The number of aromatic nitrogens is 3. The summed E-state index contributed by atoms with van der Waals surface area (Å²) in [5, 5.41) is 2.41. The quantitative estimate of drug-likeness (QED) is 0.0850.